The molecule has 1 spiro atoms. The fourth-order valence-corrected chi connectivity index (χ4v) is 4.39. The van der Waals surface area contributed by atoms with Crippen LogP contribution in [0.15, 0.2) is 30.9 Å². The Morgan fingerprint density at radius 2 is 2.31 bits per heavy atom. The zero-order valence-corrected chi connectivity index (χ0v) is 17.6. The number of H-pyrrole nitrogens is 1. The van der Waals surface area contributed by atoms with E-state index in [1.165, 1.54) is 6.42 Å². The van der Waals surface area contributed by atoms with Gasteiger partial charge >= 0.3 is 0 Å². The zero-order valence-electron chi connectivity index (χ0n) is 17.6. The summed E-state index contributed by atoms with van der Waals surface area (Å²) in [7, 11) is 1.86. The second-order valence-corrected chi connectivity index (χ2v) is 8.54. The number of rotatable bonds is 6. The monoisotopic (exact) mass is 397 g/mol. The Balaban J connectivity index is 1.40. The van der Waals surface area contributed by atoms with E-state index in [0.29, 0.717) is 13.0 Å². The second-order valence-electron chi connectivity index (χ2n) is 8.54. The third kappa shape index (κ3) is 4.07. The van der Waals surface area contributed by atoms with Crippen molar-refractivity contribution in [1.82, 2.24) is 24.8 Å². The first-order chi connectivity index (χ1) is 14.0. The van der Waals surface area contributed by atoms with Crippen molar-refractivity contribution >= 4 is 5.91 Å². The first-order valence-electron chi connectivity index (χ1n) is 10.5. The lowest BCUT2D eigenvalue weighted by Crippen LogP contribution is -2.62. The molecule has 1 saturated heterocycles. The number of hydrogen-bond acceptors (Lipinski definition) is 5. The molecule has 156 valence electrons. The summed E-state index contributed by atoms with van der Waals surface area (Å²) in [5.41, 5.74) is 3.37. The maximum absolute atomic E-state index is 12.9. The Hall–Kier alpha value is -2.25. The molecule has 0 radical (unpaired) electrons. The third-order valence-electron chi connectivity index (χ3n) is 6.79. The molecule has 1 saturated carbocycles. The summed E-state index contributed by atoms with van der Waals surface area (Å²) in [6.07, 6.45) is 9.20. The van der Waals surface area contributed by atoms with Crippen LogP contribution in [0.5, 0.6) is 0 Å². The molecule has 1 amide bonds. The van der Waals surface area contributed by atoms with Crippen LogP contribution in [0.1, 0.15) is 55.6 Å². The minimum Gasteiger partial charge on any atom is -0.374 e. The quantitative estimate of drug-likeness (QED) is 0.811. The van der Waals surface area contributed by atoms with Gasteiger partial charge in [-0.1, -0.05) is 6.07 Å². The van der Waals surface area contributed by atoms with Gasteiger partial charge in [0.2, 0.25) is 5.91 Å². The predicted molar refractivity (Wildman–Crippen MR) is 110 cm³/mol. The molecule has 7 nitrogen and oxygen atoms in total. The minimum atomic E-state index is -0.0866. The topological polar surface area (TPSA) is 74.4 Å². The summed E-state index contributed by atoms with van der Waals surface area (Å²) >= 11 is 0. The maximum Gasteiger partial charge on any atom is 0.225 e. The van der Waals surface area contributed by atoms with Gasteiger partial charge in [-0.25, -0.2) is 4.98 Å². The minimum absolute atomic E-state index is 0.0134. The van der Waals surface area contributed by atoms with Crippen LogP contribution in [-0.4, -0.2) is 62.5 Å². The molecule has 3 heterocycles. The number of carbonyl (C=O) groups is 1. The number of aromatic nitrogens is 3. The number of aryl methyl sites for hydroxylation is 1. The van der Waals surface area contributed by atoms with Crippen molar-refractivity contribution < 1.29 is 9.53 Å². The van der Waals surface area contributed by atoms with E-state index >= 15 is 0 Å². The first-order valence-corrected chi connectivity index (χ1v) is 10.5. The zero-order chi connectivity index (χ0) is 20.4. The largest absolute Gasteiger partial charge is 0.374 e. The Bertz CT molecular complexity index is 833. The SMILES string of the molecule is Cc1[nH]cnc1CN1CC(CC(=O)N(C)C(C)c2cccnc2)OCC12CCC2. The number of morpholine rings is 1. The van der Waals surface area contributed by atoms with E-state index in [0.717, 1.165) is 42.9 Å². The summed E-state index contributed by atoms with van der Waals surface area (Å²) in [6.45, 7) is 6.38. The van der Waals surface area contributed by atoms with E-state index in [1.807, 2.05) is 32.3 Å². The van der Waals surface area contributed by atoms with Crippen LogP contribution in [0, 0.1) is 6.92 Å². The van der Waals surface area contributed by atoms with Crippen molar-refractivity contribution in [3.8, 4) is 0 Å². The van der Waals surface area contributed by atoms with Gasteiger partial charge in [-0.05, 0) is 44.7 Å². The van der Waals surface area contributed by atoms with Crippen LogP contribution in [0.25, 0.3) is 0 Å². The molecule has 4 rings (SSSR count). The Kier molecular flexibility index (Phi) is 5.69. The normalized spacial score (nSPS) is 22.2. The van der Waals surface area contributed by atoms with Crippen molar-refractivity contribution in [2.45, 2.75) is 63.8 Å². The fraction of sp³-hybridized carbons (Fsp3) is 0.591. The van der Waals surface area contributed by atoms with E-state index in [4.69, 9.17) is 4.74 Å². The van der Waals surface area contributed by atoms with Gasteiger partial charge in [0.05, 0.1) is 37.2 Å². The molecule has 2 aliphatic rings. The van der Waals surface area contributed by atoms with Crippen molar-refractivity contribution in [2.24, 2.45) is 0 Å². The summed E-state index contributed by atoms with van der Waals surface area (Å²) in [5, 5.41) is 0. The van der Waals surface area contributed by atoms with Crippen LogP contribution in [0.4, 0.5) is 0 Å². The van der Waals surface area contributed by atoms with E-state index in [1.54, 1.807) is 17.4 Å². The highest BCUT2D eigenvalue weighted by Gasteiger charge is 2.47. The number of pyridine rings is 1. The molecule has 2 unspecified atom stereocenters. The van der Waals surface area contributed by atoms with Gasteiger partial charge in [0.15, 0.2) is 0 Å². The molecule has 0 bridgehead atoms. The standard InChI is InChI=1S/C22H31N5O2/c1-16-20(25-15-24-16)13-27-12-19(29-14-22(27)7-5-8-22)10-21(28)26(3)17(2)18-6-4-9-23-11-18/h4,6,9,11,15,17,19H,5,7-8,10,12-14H2,1-3H3,(H,24,25). The molecule has 2 fully saturated rings. The Morgan fingerprint density at radius 1 is 1.48 bits per heavy atom. The first kappa shape index (κ1) is 20.0. The highest BCUT2D eigenvalue weighted by molar-refractivity contribution is 5.77. The maximum atomic E-state index is 12.9. The molecule has 2 aromatic rings. The molecule has 1 aliphatic carbocycles. The van der Waals surface area contributed by atoms with E-state index in [9.17, 15) is 4.79 Å². The van der Waals surface area contributed by atoms with Crippen LogP contribution < -0.4 is 0 Å². The lowest BCUT2D eigenvalue weighted by Gasteiger charge is -2.54. The number of ether oxygens (including phenoxy) is 1. The number of nitrogens with zero attached hydrogens (tertiary/aromatic N) is 4. The van der Waals surface area contributed by atoms with Gasteiger partial charge in [0.1, 0.15) is 0 Å². The van der Waals surface area contributed by atoms with Gasteiger partial charge in [-0.3, -0.25) is 14.7 Å². The molecule has 2 atom stereocenters. The van der Waals surface area contributed by atoms with Crippen LogP contribution in [0.2, 0.25) is 0 Å². The summed E-state index contributed by atoms with van der Waals surface area (Å²) in [4.78, 5) is 29.1. The number of hydrogen-bond donors (Lipinski definition) is 1. The van der Waals surface area contributed by atoms with Crippen LogP contribution in [0.3, 0.4) is 0 Å². The molecule has 2 aromatic heterocycles. The molecule has 1 aliphatic heterocycles. The Morgan fingerprint density at radius 3 is 2.93 bits per heavy atom. The van der Waals surface area contributed by atoms with Gasteiger partial charge in [-0.15, -0.1) is 0 Å². The van der Waals surface area contributed by atoms with Gasteiger partial charge in [-0.2, -0.15) is 0 Å². The average molecular weight is 398 g/mol. The van der Waals surface area contributed by atoms with Crippen LogP contribution in [-0.2, 0) is 16.1 Å². The summed E-state index contributed by atoms with van der Waals surface area (Å²) in [5.74, 6) is 0.104. The molecule has 1 N–H and O–H groups in total. The lowest BCUT2D eigenvalue weighted by atomic mass is 9.74. The van der Waals surface area contributed by atoms with Crippen molar-refractivity contribution in [3.63, 3.8) is 0 Å². The predicted octanol–water partition coefficient (Wildman–Crippen LogP) is 2.85. The average Bonchev–Trinajstić information content (AvgIpc) is 3.11. The molecular weight excluding hydrogens is 366 g/mol. The van der Waals surface area contributed by atoms with Crippen molar-refractivity contribution in [2.75, 3.05) is 20.2 Å². The number of imidazole rings is 1. The number of amides is 1. The highest BCUT2D eigenvalue weighted by atomic mass is 16.5. The summed E-state index contributed by atoms with van der Waals surface area (Å²) in [6, 6.07) is 3.90. The Labute approximate surface area is 172 Å². The smallest absolute Gasteiger partial charge is 0.225 e. The molecule has 0 aromatic carbocycles. The van der Waals surface area contributed by atoms with Crippen molar-refractivity contribution in [1.29, 1.82) is 0 Å². The highest BCUT2D eigenvalue weighted by Crippen LogP contribution is 2.42. The van der Waals surface area contributed by atoms with Gasteiger partial charge in [0.25, 0.3) is 0 Å². The number of carbonyl (C=O) groups excluding carboxylic acids is 1. The fourth-order valence-electron chi connectivity index (χ4n) is 4.39. The third-order valence-corrected chi connectivity index (χ3v) is 6.79. The van der Waals surface area contributed by atoms with Crippen LogP contribution >= 0.6 is 0 Å². The van der Waals surface area contributed by atoms with E-state index in [2.05, 4.69) is 26.8 Å². The summed E-state index contributed by atoms with van der Waals surface area (Å²) < 4.78 is 6.19. The number of nitrogens with one attached hydrogen (secondary N) is 1. The molecule has 7 heteroatoms. The van der Waals surface area contributed by atoms with Crippen molar-refractivity contribution in [3.05, 3.63) is 47.8 Å². The lowest BCUT2D eigenvalue weighted by molar-refractivity contribution is -0.158. The number of aromatic amines is 1. The second kappa shape index (κ2) is 8.24. The van der Waals surface area contributed by atoms with Gasteiger partial charge < -0.3 is 14.6 Å². The van der Waals surface area contributed by atoms with E-state index in [-0.39, 0.29) is 23.6 Å². The van der Waals surface area contributed by atoms with Gasteiger partial charge in [0, 0.05) is 43.8 Å². The molecular formula is C22H31N5O2. The van der Waals surface area contributed by atoms with E-state index < -0.39 is 0 Å². The molecule has 29 heavy (non-hydrogen) atoms.